The Kier molecular flexibility index (Phi) is 8.98. The second kappa shape index (κ2) is 9.92. The van der Waals surface area contributed by atoms with Crippen LogP contribution in [0.4, 0.5) is 13.2 Å². The Bertz CT molecular complexity index is 502. The molecule has 0 aliphatic carbocycles. The van der Waals surface area contributed by atoms with E-state index in [4.69, 9.17) is 0 Å². The molecule has 23 heavy (non-hydrogen) atoms. The highest BCUT2D eigenvalue weighted by atomic mass is 127. The first-order valence-electron chi connectivity index (χ1n) is 7.05. The normalized spacial score (nSPS) is 19.1. The van der Waals surface area contributed by atoms with Gasteiger partial charge in [-0.2, -0.15) is 24.9 Å². The molecule has 1 fully saturated rings. The number of aromatic nitrogens is 1. The minimum absolute atomic E-state index is 0. The van der Waals surface area contributed by atoms with Crippen LogP contribution in [0.1, 0.15) is 23.5 Å². The van der Waals surface area contributed by atoms with Crippen LogP contribution < -0.4 is 10.6 Å². The zero-order valence-electron chi connectivity index (χ0n) is 12.7. The number of nitrogens with one attached hydrogen (secondary N) is 2. The third-order valence-electron chi connectivity index (χ3n) is 3.20. The Labute approximate surface area is 159 Å². The minimum Gasteiger partial charge on any atom is -0.356 e. The number of thiazole rings is 1. The second-order valence-corrected chi connectivity index (χ2v) is 7.02. The molecule has 132 valence electrons. The van der Waals surface area contributed by atoms with Crippen molar-refractivity contribution in [3.05, 3.63) is 16.1 Å². The van der Waals surface area contributed by atoms with Crippen molar-refractivity contribution in [3.8, 4) is 0 Å². The number of hydrogen-bond acceptors (Lipinski definition) is 4. The molecule has 2 rings (SSSR count). The van der Waals surface area contributed by atoms with E-state index >= 15 is 0 Å². The van der Waals surface area contributed by atoms with Crippen LogP contribution in [0.25, 0.3) is 0 Å². The number of aliphatic imine (C=N–C) groups is 1. The van der Waals surface area contributed by atoms with Gasteiger partial charge < -0.3 is 10.6 Å². The molecule has 1 aliphatic rings. The van der Waals surface area contributed by atoms with Crippen molar-refractivity contribution in [1.29, 1.82) is 0 Å². The zero-order chi connectivity index (χ0) is 16.0. The van der Waals surface area contributed by atoms with Crippen molar-refractivity contribution < 1.29 is 13.2 Å². The summed E-state index contributed by atoms with van der Waals surface area (Å²) in [5, 5.41) is 8.00. The fourth-order valence-electron chi connectivity index (χ4n) is 2.09. The van der Waals surface area contributed by atoms with Gasteiger partial charge in [-0.25, -0.2) is 4.98 Å². The highest BCUT2D eigenvalue weighted by Crippen LogP contribution is 2.29. The maximum Gasteiger partial charge on any atom is 0.434 e. The van der Waals surface area contributed by atoms with Crippen LogP contribution in [-0.4, -0.2) is 42.1 Å². The third kappa shape index (κ3) is 7.04. The molecule has 0 saturated carbocycles. The van der Waals surface area contributed by atoms with Crippen LogP contribution in [0, 0.1) is 0 Å². The van der Waals surface area contributed by atoms with Gasteiger partial charge in [0.25, 0.3) is 0 Å². The van der Waals surface area contributed by atoms with E-state index in [-0.39, 0.29) is 24.0 Å². The van der Waals surface area contributed by atoms with Crippen molar-refractivity contribution in [3.63, 3.8) is 0 Å². The van der Waals surface area contributed by atoms with Crippen LogP contribution in [-0.2, 0) is 12.6 Å². The maximum absolute atomic E-state index is 12.5. The van der Waals surface area contributed by atoms with Crippen molar-refractivity contribution in [1.82, 2.24) is 15.6 Å². The quantitative estimate of drug-likeness (QED) is 0.394. The molecule has 4 nitrogen and oxygen atoms in total. The summed E-state index contributed by atoms with van der Waals surface area (Å²) in [4.78, 5) is 7.76. The number of guanidine groups is 1. The molecule has 0 radical (unpaired) electrons. The van der Waals surface area contributed by atoms with Gasteiger partial charge in [0.15, 0.2) is 11.7 Å². The Morgan fingerprint density at radius 3 is 2.83 bits per heavy atom. The van der Waals surface area contributed by atoms with E-state index in [0.717, 1.165) is 28.9 Å². The predicted molar refractivity (Wildman–Crippen MR) is 101 cm³/mol. The van der Waals surface area contributed by atoms with E-state index in [2.05, 4.69) is 20.6 Å². The molecule has 1 atom stereocenters. The smallest absolute Gasteiger partial charge is 0.356 e. The van der Waals surface area contributed by atoms with Crippen molar-refractivity contribution in [2.75, 3.05) is 25.1 Å². The lowest BCUT2D eigenvalue weighted by atomic mass is 10.2. The fraction of sp³-hybridized carbons (Fsp3) is 0.692. The lowest BCUT2D eigenvalue weighted by molar-refractivity contribution is -0.140. The molecule has 1 unspecified atom stereocenters. The summed E-state index contributed by atoms with van der Waals surface area (Å²) in [6, 6.07) is 0.404. The van der Waals surface area contributed by atoms with Gasteiger partial charge >= 0.3 is 6.18 Å². The molecule has 1 aromatic rings. The number of rotatable bonds is 4. The monoisotopic (exact) mass is 480 g/mol. The van der Waals surface area contributed by atoms with Crippen molar-refractivity contribution in [2.45, 2.75) is 31.5 Å². The summed E-state index contributed by atoms with van der Waals surface area (Å²) in [7, 11) is 1.69. The number of thioether (sulfide) groups is 1. The first-order chi connectivity index (χ1) is 10.5. The van der Waals surface area contributed by atoms with Gasteiger partial charge in [0.2, 0.25) is 0 Å². The summed E-state index contributed by atoms with van der Waals surface area (Å²) >= 11 is 2.96. The standard InChI is InChI=1S/C13H19F3N4S2.HI/c1-17-12(19-9-3-2-6-21-7-9)18-5-4-11-20-10(8-22-11)13(14,15)16;/h8-9H,2-7H2,1H3,(H2,17,18,19);1H. The minimum atomic E-state index is -4.36. The van der Waals surface area contributed by atoms with Gasteiger partial charge in [-0.15, -0.1) is 35.3 Å². The average molecular weight is 480 g/mol. The summed E-state index contributed by atoms with van der Waals surface area (Å²) < 4.78 is 37.4. The molecular weight excluding hydrogens is 460 g/mol. The van der Waals surface area contributed by atoms with Gasteiger partial charge in [-0.05, 0) is 18.6 Å². The summed E-state index contributed by atoms with van der Waals surface area (Å²) in [5.74, 6) is 2.96. The van der Waals surface area contributed by atoms with Crippen molar-refractivity contribution in [2.24, 2.45) is 4.99 Å². The fourth-order valence-corrected chi connectivity index (χ4v) is 3.96. The van der Waals surface area contributed by atoms with E-state index in [9.17, 15) is 13.2 Å². The highest BCUT2D eigenvalue weighted by Gasteiger charge is 2.33. The van der Waals surface area contributed by atoms with Gasteiger partial charge in [-0.1, -0.05) is 0 Å². The Balaban J connectivity index is 0.00000264. The molecule has 0 amide bonds. The largest absolute Gasteiger partial charge is 0.434 e. The third-order valence-corrected chi connectivity index (χ3v) is 5.32. The van der Waals surface area contributed by atoms with E-state index < -0.39 is 11.9 Å². The summed E-state index contributed by atoms with van der Waals surface area (Å²) in [6.07, 6.45) is -1.60. The van der Waals surface area contributed by atoms with Crippen LogP contribution in [0.2, 0.25) is 0 Å². The molecule has 0 spiro atoms. The molecule has 0 bridgehead atoms. The molecule has 1 aliphatic heterocycles. The molecule has 2 heterocycles. The summed E-state index contributed by atoms with van der Waals surface area (Å²) in [5.41, 5.74) is -0.811. The van der Waals surface area contributed by atoms with Gasteiger partial charge in [0.1, 0.15) is 0 Å². The molecule has 0 aromatic carbocycles. The SMILES string of the molecule is CN=C(NCCc1nc(C(F)(F)F)cs1)NC1CCCSC1.I. The van der Waals surface area contributed by atoms with Crippen molar-refractivity contribution >= 4 is 53.0 Å². The Morgan fingerprint density at radius 1 is 1.48 bits per heavy atom. The predicted octanol–water partition coefficient (Wildman–Crippen LogP) is 3.38. The number of hydrogen-bond donors (Lipinski definition) is 2. The van der Waals surface area contributed by atoms with Crippen LogP contribution in [0.15, 0.2) is 10.4 Å². The highest BCUT2D eigenvalue weighted by molar-refractivity contribution is 14.0. The molecular formula is C13H20F3IN4S2. The summed E-state index contributed by atoms with van der Waals surface area (Å²) in [6.45, 7) is 0.504. The Morgan fingerprint density at radius 2 is 2.26 bits per heavy atom. The van der Waals surface area contributed by atoms with Crippen LogP contribution >= 0.6 is 47.1 Å². The number of halogens is 4. The Hall–Kier alpha value is -0.230. The van der Waals surface area contributed by atoms with E-state index in [1.807, 2.05) is 11.8 Å². The topological polar surface area (TPSA) is 49.3 Å². The van der Waals surface area contributed by atoms with Gasteiger partial charge in [0, 0.05) is 37.2 Å². The molecule has 2 N–H and O–H groups in total. The van der Waals surface area contributed by atoms with E-state index in [1.165, 1.54) is 12.2 Å². The van der Waals surface area contributed by atoms with Crippen LogP contribution in [0.5, 0.6) is 0 Å². The van der Waals surface area contributed by atoms with Gasteiger partial charge in [0.05, 0.1) is 5.01 Å². The van der Waals surface area contributed by atoms with Crippen LogP contribution in [0.3, 0.4) is 0 Å². The lowest BCUT2D eigenvalue weighted by Gasteiger charge is -2.24. The first kappa shape index (κ1) is 20.8. The molecule has 1 aromatic heterocycles. The number of nitrogens with zero attached hydrogens (tertiary/aromatic N) is 2. The second-order valence-electron chi connectivity index (χ2n) is 4.93. The average Bonchev–Trinajstić information content (AvgIpc) is 2.96. The van der Waals surface area contributed by atoms with E-state index in [1.54, 1.807) is 7.05 Å². The zero-order valence-corrected chi connectivity index (χ0v) is 16.6. The van der Waals surface area contributed by atoms with E-state index in [0.29, 0.717) is 30.0 Å². The maximum atomic E-state index is 12.5. The molecule has 10 heteroatoms. The number of alkyl halides is 3. The first-order valence-corrected chi connectivity index (χ1v) is 9.09. The van der Waals surface area contributed by atoms with Gasteiger partial charge in [-0.3, -0.25) is 4.99 Å². The molecule has 1 saturated heterocycles. The lowest BCUT2D eigenvalue weighted by Crippen LogP contribution is -2.46.